The summed E-state index contributed by atoms with van der Waals surface area (Å²) < 4.78 is 26.0. The molecule has 1 saturated carbocycles. The minimum atomic E-state index is -2.70. The molecule has 1 rings (SSSR count). The van der Waals surface area contributed by atoms with Crippen molar-refractivity contribution in [3.05, 3.63) is 0 Å². The van der Waals surface area contributed by atoms with Crippen LogP contribution in [0.1, 0.15) is 33.1 Å². The van der Waals surface area contributed by atoms with Crippen LogP contribution in [-0.4, -0.2) is 17.9 Å². The van der Waals surface area contributed by atoms with Gasteiger partial charge in [0, 0.05) is 12.3 Å². The number of amides is 1. The van der Waals surface area contributed by atoms with Crippen LogP contribution in [0, 0.1) is 5.92 Å². The van der Waals surface area contributed by atoms with Crippen LogP contribution in [0.15, 0.2) is 0 Å². The lowest BCUT2D eigenvalue weighted by Gasteiger charge is -2.42. The highest BCUT2D eigenvalue weighted by atomic mass is 19.3. The van der Waals surface area contributed by atoms with E-state index in [0.717, 1.165) is 0 Å². The van der Waals surface area contributed by atoms with Gasteiger partial charge in [0.1, 0.15) is 0 Å². The molecule has 0 saturated heterocycles. The third-order valence-electron chi connectivity index (χ3n) is 2.52. The quantitative estimate of drug-likeness (QED) is 0.725. The molecule has 4 heteroatoms. The first-order chi connectivity index (χ1) is 5.98. The Bertz CT molecular complexity index is 206. The van der Waals surface area contributed by atoms with Gasteiger partial charge in [-0.2, -0.15) is 0 Å². The van der Waals surface area contributed by atoms with Gasteiger partial charge < -0.3 is 5.32 Å². The van der Waals surface area contributed by atoms with E-state index in [9.17, 15) is 13.6 Å². The molecule has 0 aromatic heterocycles. The van der Waals surface area contributed by atoms with Crippen LogP contribution in [0.2, 0.25) is 0 Å². The minimum Gasteiger partial charge on any atom is -0.347 e. The van der Waals surface area contributed by atoms with Crippen LogP contribution in [0.4, 0.5) is 8.78 Å². The van der Waals surface area contributed by atoms with Crippen molar-refractivity contribution in [3.8, 4) is 0 Å². The zero-order valence-corrected chi connectivity index (χ0v) is 7.94. The summed E-state index contributed by atoms with van der Waals surface area (Å²) in [5, 5.41) is 2.35. The van der Waals surface area contributed by atoms with E-state index < -0.39 is 17.9 Å². The highest BCUT2D eigenvalue weighted by molar-refractivity contribution is 5.76. The molecule has 13 heavy (non-hydrogen) atoms. The van der Waals surface area contributed by atoms with Crippen LogP contribution >= 0.6 is 0 Å². The average Bonchev–Trinajstić information content (AvgIpc) is 2.04. The molecule has 2 nitrogen and oxygen atoms in total. The molecule has 0 aliphatic heterocycles. The van der Waals surface area contributed by atoms with E-state index in [1.807, 2.05) is 6.92 Å². The smallest absolute Gasteiger partial charge is 0.270 e. The third kappa shape index (κ3) is 1.98. The first kappa shape index (κ1) is 10.4. The largest absolute Gasteiger partial charge is 0.347 e. The lowest BCUT2D eigenvalue weighted by Crippen LogP contribution is -2.60. The highest BCUT2D eigenvalue weighted by Gasteiger charge is 2.55. The maximum atomic E-state index is 13.0. The summed E-state index contributed by atoms with van der Waals surface area (Å²) in [6.45, 7) is 3.35. The Kier molecular flexibility index (Phi) is 2.88. The molecule has 0 aromatic carbocycles. The van der Waals surface area contributed by atoms with Gasteiger partial charge in [-0.15, -0.1) is 0 Å². The van der Waals surface area contributed by atoms with Crippen molar-refractivity contribution in [2.75, 3.05) is 0 Å². The number of carbonyl (C=O) groups is 1. The van der Waals surface area contributed by atoms with E-state index in [0.29, 0.717) is 19.3 Å². The molecular formula is C9H15F2NO. The average molecular weight is 191 g/mol. The van der Waals surface area contributed by atoms with E-state index >= 15 is 0 Å². The van der Waals surface area contributed by atoms with Gasteiger partial charge in [0.25, 0.3) is 5.92 Å². The summed E-state index contributed by atoms with van der Waals surface area (Å²) in [5.41, 5.74) is 0. The molecule has 1 N–H and O–H groups in total. The van der Waals surface area contributed by atoms with E-state index in [1.165, 1.54) is 6.92 Å². The Morgan fingerprint density at radius 1 is 1.62 bits per heavy atom. The SMILES string of the molecule is CCCC(=O)NC1CC(C)C1(F)F. The Morgan fingerprint density at radius 3 is 2.62 bits per heavy atom. The molecule has 2 atom stereocenters. The minimum absolute atomic E-state index is 0.265. The van der Waals surface area contributed by atoms with Crippen LogP contribution in [-0.2, 0) is 4.79 Å². The molecule has 1 fully saturated rings. The van der Waals surface area contributed by atoms with Gasteiger partial charge in [-0.05, 0) is 12.8 Å². The number of alkyl halides is 2. The zero-order valence-electron chi connectivity index (χ0n) is 7.94. The summed E-state index contributed by atoms with van der Waals surface area (Å²) >= 11 is 0. The third-order valence-corrected chi connectivity index (χ3v) is 2.52. The van der Waals surface area contributed by atoms with Crippen molar-refractivity contribution in [2.45, 2.75) is 45.1 Å². The number of hydrogen-bond donors (Lipinski definition) is 1. The second kappa shape index (κ2) is 3.60. The molecule has 76 valence electrons. The molecule has 0 aromatic rings. The molecule has 2 unspecified atom stereocenters. The number of nitrogens with one attached hydrogen (secondary N) is 1. The Hall–Kier alpha value is -0.670. The number of halogens is 2. The predicted octanol–water partition coefficient (Wildman–Crippen LogP) is 1.95. The monoisotopic (exact) mass is 191 g/mol. The molecule has 1 aliphatic carbocycles. The van der Waals surface area contributed by atoms with Gasteiger partial charge >= 0.3 is 0 Å². The van der Waals surface area contributed by atoms with Crippen LogP contribution < -0.4 is 5.32 Å². The van der Waals surface area contributed by atoms with Gasteiger partial charge in [0.05, 0.1) is 6.04 Å². The van der Waals surface area contributed by atoms with Crippen LogP contribution in [0.5, 0.6) is 0 Å². The van der Waals surface area contributed by atoms with Crippen molar-refractivity contribution in [1.82, 2.24) is 5.32 Å². The second-order valence-corrected chi connectivity index (χ2v) is 3.68. The molecular weight excluding hydrogens is 176 g/mol. The van der Waals surface area contributed by atoms with E-state index in [2.05, 4.69) is 5.32 Å². The summed E-state index contributed by atoms with van der Waals surface area (Å²) in [7, 11) is 0. The maximum Gasteiger partial charge on any atom is 0.270 e. The lowest BCUT2D eigenvalue weighted by atomic mass is 9.77. The molecule has 1 aliphatic rings. The van der Waals surface area contributed by atoms with Gasteiger partial charge in [-0.3, -0.25) is 4.79 Å². The standard InChI is InChI=1S/C9H15F2NO/c1-3-4-8(13)12-7-5-6(2)9(7,10)11/h6-7H,3-5H2,1-2H3,(H,12,13). The fraction of sp³-hybridized carbons (Fsp3) is 0.889. The van der Waals surface area contributed by atoms with E-state index in [4.69, 9.17) is 0 Å². The summed E-state index contributed by atoms with van der Waals surface area (Å²) in [6.07, 6.45) is 1.42. The van der Waals surface area contributed by atoms with Crippen molar-refractivity contribution in [3.63, 3.8) is 0 Å². The predicted molar refractivity (Wildman–Crippen MR) is 45.6 cm³/mol. The molecule has 0 bridgehead atoms. The molecule has 0 spiro atoms. The first-order valence-electron chi connectivity index (χ1n) is 4.65. The Labute approximate surface area is 76.7 Å². The maximum absolute atomic E-state index is 13.0. The first-order valence-corrected chi connectivity index (χ1v) is 4.65. The van der Waals surface area contributed by atoms with Crippen molar-refractivity contribution in [2.24, 2.45) is 5.92 Å². The normalized spacial score (nSPS) is 30.8. The zero-order chi connectivity index (χ0) is 10.1. The Morgan fingerprint density at radius 2 is 2.23 bits per heavy atom. The number of rotatable bonds is 3. The molecule has 0 heterocycles. The van der Waals surface area contributed by atoms with Gasteiger partial charge in [-0.25, -0.2) is 8.78 Å². The number of hydrogen-bond acceptors (Lipinski definition) is 1. The van der Waals surface area contributed by atoms with Crippen LogP contribution in [0.25, 0.3) is 0 Å². The van der Waals surface area contributed by atoms with Crippen LogP contribution in [0.3, 0.4) is 0 Å². The highest BCUT2D eigenvalue weighted by Crippen LogP contribution is 2.43. The van der Waals surface area contributed by atoms with Crippen molar-refractivity contribution < 1.29 is 13.6 Å². The molecule has 1 amide bonds. The van der Waals surface area contributed by atoms with Crippen molar-refractivity contribution >= 4 is 5.91 Å². The summed E-state index contributed by atoms with van der Waals surface area (Å²) in [5.74, 6) is -3.57. The summed E-state index contributed by atoms with van der Waals surface area (Å²) in [6, 6.07) is -0.929. The second-order valence-electron chi connectivity index (χ2n) is 3.68. The van der Waals surface area contributed by atoms with E-state index in [1.54, 1.807) is 0 Å². The lowest BCUT2D eigenvalue weighted by molar-refractivity contribution is -0.162. The Balaban J connectivity index is 2.36. The van der Waals surface area contributed by atoms with E-state index in [-0.39, 0.29) is 5.91 Å². The summed E-state index contributed by atoms with van der Waals surface area (Å²) in [4.78, 5) is 11.0. The molecule has 0 radical (unpaired) electrons. The van der Waals surface area contributed by atoms with Gasteiger partial charge in [0.2, 0.25) is 5.91 Å². The fourth-order valence-electron chi connectivity index (χ4n) is 1.50. The number of carbonyl (C=O) groups excluding carboxylic acids is 1. The fourth-order valence-corrected chi connectivity index (χ4v) is 1.50. The van der Waals surface area contributed by atoms with Gasteiger partial charge in [0.15, 0.2) is 0 Å². The van der Waals surface area contributed by atoms with Crippen molar-refractivity contribution in [1.29, 1.82) is 0 Å². The topological polar surface area (TPSA) is 29.1 Å². The van der Waals surface area contributed by atoms with Gasteiger partial charge in [-0.1, -0.05) is 13.8 Å².